The highest BCUT2D eigenvalue weighted by atomic mass is 35.5. The Hall–Kier alpha value is -2.31. The van der Waals surface area contributed by atoms with E-state index in [4.69, 9.17) is 27.9 Å². The van der Waals surface area contributed by atoms with Gasteiger partial charge in [0, 0.05) is 17.8 Å². The van der Waals surface area contributed by atoms with Crippen LogP contribution in [0.5, 0.6) is 0 Å². The molecule has 1 atom stereocenters. The zero-order valence-corrected chi connectivity index (χ0v) is 17.8. The fourth-order valence-corrected chi connectivity index (χ4v) is 3.52. The maximum Gasteiger partial charge on any atom is 0.306 e. The predicted molar refractivity (Wildman–Crippen MR) is 114 cm³/mol. The van der Waals surface area contributed by atoms with Crippen LogP contribution in [0, 0.1) is 5.92 Å². The summed E-state index contributed by atoms with van der Waals surface area (Å²) in [6, 6.07) is 6.98. The predicted octanol–water partition coefficient (Wildman–Crippen LogP) is 4.94. The summed E-state index contributed by atoms with van der Waals surface area (Å²) in [7, 11) is 0. The zero-order valence-electron chi connectivity index (χ0n) is 16.3. The average Bonchev–Trinajstić information content (AvgIpc) is 2.69. The SMILES string of the molecule is CC(C)c1cc(Nc2cc(Cl)ccc2Cl)ncc1C(=O)NCC1CCOC(=O)C1. The van der Waals surface area contributed by atoms with Crippen LogP contribution >= 0.6 is 23.2 Å². The first-order valence-electron chi connectivity index (χ1n) is 9.49. The highest BCUT2D eigenvalue weighted by molar-refractivity contribution is 6.35. The lowest BCUT2D eigenvalue weighted by Crippen LogP contribution is -2.34. The van der Waals surface area contributed by atoms with E-state index in [-0.39, 0.29) is 23.7 Å². The van der Waals surface area contributed by atoms with Gasteiger partial charge in [0.1, 0.15) is 5.82 Å². The van der Waals surface area contributed by atoms with Crippen molar-refractivity contribution in [1.82, 2.24) is 10.3 Å². The maximum atomic E-state index is 12.7. The number of ether oxygens (including phenoxy) is 1. The Kier molecular flexibility index (Phi) is 6.98. The number of hydrogen-bond donors (Lipinski definition) is 2. The number of carbonyl (C=O) groups is 2. The lowest BCUT2D eigenvalue weighted by atomic mass is 9.97. The van der Waals surface area contributed by atoms with E-state index in [2.05, 4.69) is 15.6 Å². The molecule has 0 radical (unpaired) electrons. The van der Waals surface area contributed by atoms with Crippen LogP contribution in [0.15, 0.2) is 30.5 Å². The number of anilines is 2. The van der Waals surface area contributed by atoms with Crippen LogP contribution in [0.4, 0.5) is 11.5 Å². The van der Waals surface area contributed by atoms with Crippen molar-refractivity contribution < 1.29 is 14.3 Å². The summed E-state index contributed by atoms with van der Waals surface area (Å²) < 4.78 is 4.94. The molecule has 1 saturated heterocycles. The highest BCUT2D eigenvalue weighted by Gasteiger charge is 2.22. The number of aromatic nitrogens is 1. The number of amides is 1. The van der Waals surface area contributed by atoms with E-state index in [1.807, 2.05) is 19.9 Å². The van der Waals surface area contributed by atoms with Crippen molar-refractivity contribution in [1.29, 1.82) is 0 Å². The molecule has 2 aromatic rings. The smallest absolute Gasteiger partial charge is 0.306 e. The average molecular weight is 436 g/mol. The van der Waals surface area contributed by atoms with Gasteiger partial charge in [-0.1, -0.05) is 37.0 Å². The molecule has 3 rings (SSSR count). The van der Waals surface area contributed by atoms with Gasteiger partial charge >= 0.3 is 5.97 Å². The molecule has 1 aliphatic rings. The molecule has 1 aliphatic heterocycles. The first-order chi connectivity index (χ1) is 13.8. The van der Waals surface area contributed by atoms with E-state index in [1.165, 1.54) is 0 Å². The third-order valence-corrected chi connectivity index (χ3v) is 5.35. The Labute approximate surface area is 179 Å². The van der Waals surface area contributed by atoms with Gasteiger partial charge in [0.25, 0.3) is 5.91 Å². The lowest BCUT2D eigenvalue weighted by molar-refractivity contribution is -0.149. The number of benzene rings is 1. The van der Waals surface area contributed by atoms with E-state index < -0.39 is 0 Å². The first-order valence-corrected chi connectivity index (χ1v) is 10.2. The van der Waals surface area contributed by atoms with Crippen molar-refractivity contribution in [3.63, 3.8) is 0 Å². The van der Waals surface area contributed by atoms with Crippen molar-refractivity contribution in [2.24, 2.45) is 5.92 Å². The summed E-state index contributed by atoms with van der Waals surface area (Å²) in [4.78, 5) is 28.5. The minimum absolute atomic E-state index is 0.0987. The third kappa shape index (κ3) is 5.61. The lowest BCUT2D eigenvalue weighted by Gasteiger charge is -2.22. The fraction of sp³-hybridized carbons (Fsp3) is 0.381. The number of esters is 1. The fourth-order valence-electron chi connectivity index (χ4n) is 3.18. The second-order valence-electron chi connectivity index (χ2n) is 7.35. The molecular weight excluding hydrogens is 413 g/mol. The van der Waals surface area contributed by atoms with Crippen molar-refractivity contribution in [2.45, 2.75) is 32.6 Å². The van der Waals surface area contributed by atoms with E-state index >= 15 is 0 Å². The summed E-state index contributed by atoms with van der Waals surface area (Å²) in [6.07, 6.45) is 2.64. The molecule has 1 fully saturated rings. The van der Waals surface area contributed by atoms with Crippen molar-refractivity contribution in [3.8, 4) is 0 Å². The van der Waals surface area contributed by atoms with E-state index in [1.54, 1.807) is 24.4 Å². The van der Waals surface area contributed by atoms with Crippen LogP contribution in [0.3, 0.4) is 0 Å². The van der Waals surface area contributed by atoms with Gasteiger partial charge in [0.2, 0.25) is 0 Å². The Morgan fingerprint density at radius 1 is 1.31 bits per heavy atom. The van der Waals surface area contributed by atoms with E-state index in [9.17, 15) is 9.59 Å². The van der Waals surface area contributed by atoms with Gasteiger partial charge in [-0.05, 0) is 48.1 Å². The third-order valence-electron chi connectivity index (χ3n) is 4.79. The van der Waals surface area contributed by atoms with Crippen LogP contribution in [0.1, 0.15) is 48.5 Å². The van der Waals surface area contributed by atoms with Gasteiger partial charge in [-0.25, -0.2) is 4.98 Å². The molecule has 1 aromatic heterocycles. The van der Waals surface area contributed by atoms with Gasteiger partial charge in [0.15, 0.2) is 0 Å². The number of nitrogens with zero attached hydrogens (tertiary/aromatic N) is 1. The standard InChI is InChI=1S/C21H23Cl2N3O3/c1-12(2)15-9-19(26-18-8-14(22)3-4-17(18)23)24-11-16(15)21(28)25-10-13-5-6-29-20(27)7-13/h3-4,8-9,11-13H,5-7,10H2,1-2H3,(H,24,26)(H,25,28). The Bertz CT molecular complexity index is 918. The molecule has 6 nitrogen and oxygen atoms in total. The molecule has 0 bridgehead atoms. The molecular formula is C21H23Cl2N3O3. The quantitative estimate of drug-likeness (QED) is 0.628. The molecule has 2 N–H and O–H groups in total. The molecule has 154 valence electrons. The topological polar surface area (TPSA) is 80.3 Å². The summed E-state index contributed by atoms with van der Waals surface area (Å²) >= 11 is 12.2. The van der Waals surface area contributed by atoms with Crippen LogP contribution < -0.4 is 10.6 Å². The summed E-state index contributed by atoms with van der Waals surface area (Å²) in [6.45, 7) is 4.87. The second kappa shape index (κ2) is 9.46. The van der Waals surface area contributed by atoms with Crippen LogP contribution in [0.25, 0.3) is 0 Å². The number of carbonyl (C=O) groups excluding carboxylic acids is 2. The van der Waals surface area contributed by atoms with Crippen molar-refractivity contribution >= 4 is 46.6 Å². The van der Waals surface area contributed by atoms with E-state index in [0.717, 1.165) is 12.0 Å². The van der Waals surface area contributed by atoms with Gasteiger partial charge in [-0.2, -0.15) is 0 Å². The number of nitrogens with one attached hydrogen (secondary N) is 2. The van der Waals surface area contributed by atoms with Crippen LogP contribution in [0.2, 0.25) is 10.0 Å². The molecule has 29 heavy (non-hydrogen) atoms. The molecule has 2 heterocycles. The zero-order chi connectivity index (χ0) is 21.0. The number of hydrogen-bond acceptors (Lipinski definition) is 5. The van der Waals surface area contributed by atoms with Crippen LogP contribution in [-0.2, 0) is 9.53 Å². The summed E-state index contributed by atoms with van der Waals surface area (Å²) in [5.41, 5.74) is 2.02. The number of halogens is 2. The van der Waals surface area contributed by atoms with Crippen LogP contribution in [-0.4, -0.2) is 30.0 Å². The normalized spacial score (nSPS) is 16.4. The first kappa shape index (κ1) is 21.4. The molecule has 1 amide bonds. The summed E-state index contributed by atoms with van der Waals surface area (Å²) in [5.74, 6) is 0.368. The molecule has 1 aromatic carbocycles. The molecule has 0 saturated carbocycles. The van der Waals surface area contributed by atoms with Crippen molar-refractivity contribution in [3.05, 3.63) is 51.6 Å². The minimum Gasteiger partial charge on any atom is -0.466 e. The molecule has 0 aliphatic carbocycles. The van der Waals surface area contributed by atoms with E-state index in [0.29, 0.717) is 46.7 Å². The van der Waals surface area contributed by atoms with Gasteiger partial charge in [-0.3, -0.25) is 9.59 Å². The second-order valence-corrected chi connectivity index (χ2v) is 8.19. The largest absolute Gasteiger partial charge is 0.466 e. The maximum absolute atomic E-state index is 12.7. The van der Waals surface area contributed by atoms with Gasteiger partial charge in [-0.15, -0.1) is 0 Å². The number of rotatable bonds is 6. The Morgan fingerprint density at radius 2 is 2.10 bits per heavy atom. The number of cyclic esters (lactones) is 1. The number of pyridine rings is 1. The summed E-state index contributed by atoms with van der Waals surface area (Å²) in [5, 5.41) is 7.16. The Balaban J connectivity index is 1.74. The molecule has 0 spiro atoms. The molecule has 8 heteroatoms. The minimum atomic E-state index is -0.213. The molecule has 1 unspecified atom stereocenters. The Morgan fingerprint density at radius 3 is 2.83 bits per heavy atom. The van der Waals surface area contributed by atoms with Gasteiger partial charge in [0.05, 0.1) is 29.3 Å². The van der Waals surface area contributed by atoms with Crippen molar-refractivity contribution in [2.75, 3.05) is 18.5 Å². The van der Waals surface area contributed by atoms with Gasteiger partial charge < -0.3 is 15.4 Å². The highest BCUT2D eigenvalue weighted by Crippen LogP contribution is 2.29. The monoisotopic (exact) mass is 435 g/mol.